The van der Waals surface area contributed by atoms with Crippen molar-refractivity contribution in [3.8, 4) is 17.2 Å². The Kier molecular flexibility index (Phi) is 11.4. The van der Waals surface area contributed by atoms with Crippen molar-refractivity contribution in [2.24, 2.45) is 16.8 Å². The molecular formula is C40H44N2O10. The minimum Gasteiger partial charge on any atom is -0.508 e. The SMILES string of the molecule is CC(CC=Cc1ccccc1)C(CNCC1(O)C(Oc2ccc3c(c2)OCC(c2ccc(O)cc2)=C3O)OC(C(=O)O)C(O)C1O)CC1=CCN=C1. The molecule has 3 aliphatic heterocycles. The molecule has 0 bridgehead atoms. The highest BCUT2D eigenvalue weighted by molar-refractivity contribution is 5.91. The third kappa shape index (κ3) is 8.22. The van der Waals surface area contributed by atoms with Crippen LogP contribution in [0.5, 0.6) is 17.2 Å². The van der Waals surface area contributed by atoms with E-state index in [0.29, 0.717) is 29.8 Å². The highest BCUT2D eigenvalue weighted by Gasteiger charge is 2.58. The average molecular weight is 713 g/mol. The van der Waals surface area contributed by atoms with Gasteiger partial charge in [0.1, 0.15) is 41.8 Å². The molecular weight excluding hydrogens is 668 g/mol. The average Bonchev–Trinajstić information content (AvgIpc) is 3.66. The van der Waals surface area contributed by atoms with Crippen LogP contribution in [0.3, 0.4) is 0 Å². The van der Waals surface area contributed by atoms with Crippen molar-refractivity contribution in [3.05, 3.63) is 107 Å². The number of ether oxygens (including phenoxy) is 3. The van der Waals surface area contributed by atoms with Gasteiger partial charge >= 0.3 is 5.97 Å². The van der Waals surface area contributed by atoms with Crippen molar-refractivity contribution >= 4 is 29.6 Å². The van der Waals surface area contributed by atoms with Crippen molar-refractivity contribution < 1.29 is 49.6 Å². The zero-order chi connectivity index (χ0) is 36.8. The molecule has 7 unspecified atom stereocenters. The number of phenolic OH excluding ortho intramolecular Hbond substituents is 1. The molecule has 0 spiro atoms. The number of benzene rings is 3. The first-order valence-electron chi connectivity index (χ1n) is 17.3. The summed E-state index contributed by atoms with van der Waals surface area (Å²) in [6.45, 7) is 2.89. The lowest BCUT2D eigenvalue weighted by Gasteiger charge is -2.47. The van der Waals surface area contributed by atoms with Gasteiger partial charge in [0.05, 0.1) is 12.1 Å². The zero-order valence-corrected chi connectivity index (χ0v) is 28.7. The summed E-state index contributed by atoms with van der Waals surface area (Å²) in [5.74, 6) is -0.838. The van der Waals surface area contributed by atoms with Gasteiger partial charge in [-0.1, -0.05) is 67.6 Å². The first-order chi connectivity index (χ1) is 25.0. The number of carbonyl (C=O) groups is 1. The number of aliphatic hydroxyl groups is 4. The monoisotopic (exact) mass is 712 g/mol. The van der Waals surface area contributed by atoms with Crippen molar-refractivity contribution in [2.75, 3.05) is 26.2 Å². The Morgan fingerprint density at radius 2 is 1.87 bits per heavy atom. The van der Waals surface area contributed by atoms with E-state index in [4.69, 9.17) is 14.2 Å². The molecule has 0 aromatic heterocycles. The summed E-state index contributed by atoms with van der Waals surface area (Å²) >= 11 is 0. The number of nitrogens with zero attached hydrogens (tertiary/aromatic N) is 1. The van der Waals surface area contributed by atoms with E-state index < -0.39 is 36.2 Å². The number of carboxylic acid groups (broad SMARTS) is 1. The Morgan fingerprint density at radius 3 is 2.58 bits per heavy atom. The number of hydrogen-bond donors (Lipinski definition) is 7. The molecule has 52 heavy (non-hydrogen) atoms. The van der Waals surface area contributed by atoms with Gasteiger partial charge in [0.25, 0.3) is 0 Å². The topological polar surface area (TPSA) is 191 Å². The largest absolute Gasteiger partial charge is 0.508 e. The number of hydrogen-bond acceptors (Lipinski definition) is 11. The predicted octanol–water partition coefficient (Wildman–Crippen LogP) is 4.20. The summed E-state index contributed by atoms with van der Waals surface area (Å²) in [5.41, 5.74) is 1.46. The molecule has 1 saturated heterocycles. The highest BCUT2D eigenvalue weighted by Crippen LogP contribution is 2.40. The van der Waals surface area contributed by atoms with E-state index >= 15 is 0 Å². The molecule has 3 aliphatic rings. The van der Waals surface area contributed by atoms with Gasteiger partial charge < -0.3 is 50.2 Å². The molecule has 3 heterocycles. The molecule has 12 nitrogen and oxygen atoms in total. The van der Waals surface area contributed by atoms with E-state index in [1.165, 1.54) is 24.3 Å². The smallest absolute Gasteiger partial charge is 0.335 e. The number of rotatable bonds is 14. The molecule has 6 rings (SSSR count). The second-order valence-corrected chi connectivity index (χ2v) is 13.5. The number of carboxylic acids is 1. The lowest BCUT2D eigenvalue weighted by atomic mass is 9.84. The van der Waals surface area contributed by atoms with Gasteiger partial charge in [-0.25, -0.2) is 4.79 Å². The van der Waals surface area contributed by atoms with E-state index in [9.17, 15) is 35.4 Å². The molecule has 12 heteroatoms. The van der Waals surface area contributed by atoms with Gasteiger partial charge in [-0.05, 0) is 72.2 Å². The second kappa shape index (κ2) is 16.1. The lowest BCUT2D eigenvalue weighted by molar-refractivity contribution is -0.311. The predicted molar refractivity (Wildman–Crippen MR) is 195 cm³/mol. The summed E-state index contributed by atoms with van der Waals surface area (Å²) in [6, 6.07) is 20.8. The van der Waals surface area contributed by atoms with Crippen molar-refractivity contribution in [1.29, 1.82) is 0 Å². The van der Waals surface area contributed by atoms with Crippen molar-refractivity contribution in [2.45, 2.75) is 50.0 Å². The minimum absolute atomic E-state index is 0.0111. The van der Waals surface area contributed by atoms with Crippen LogP contribution < -0.4 is 14.8 Å². The lowest BCUT2D eigenvalue weighted by Crippen LogP contribution is -2.71. The standard InChI is InChI=1S/C40H44N2O10/c1-24(6-5-9-25-7-3-2-4-8-25)28(18-26-16-17-41-20-26)21-42-23-40(49)37(46)35(45)36(38(47)48)52-39(40)51-30-14-15-31-33(19-30)50-22-32(34(31)44)27-10-12-29(43)13-11-27/h2-5,7-16,19-20,24,28,35-37,39,42-46,49H,6,17-18,21-23H2,1H3,(H,47,48). The van der Waals surface area contributed by atoms with Gasteiger partial charge in [-0.2, -0.15) is 0 Å². The van der Waals surface area contributed by atoms with Crippen LogP contribution in [0.25, 0.3) is 17.4 Å². The Labute approximate surface area is 301 Å². The fourth-order valence-electron chi connectivity index (χ4n) is 6.67. The molecule has 3 aromatic rings. The summed E-state index contributed by atoms with van der Waals surface area (Å²) in [4.78, 5) is 16.3. The van der Waals surface area contributed by atoms with E-state index in [1.807, 2.05) is 36.5 Å². The third-order valence-corrected chi connectivity index (χ3v) is 9.84. The van der Waals surface area contributed by atoms with Gasteiger partial charge in [-0.15, -0.1) is 0 Å². The van der Waals surface area contributed by atoms with E-state index in [2.05, 4.69) is 35.5 Å². The number of nitrogens with one attached hydrogen (secondary N) is 1. The Hall–Kier alpha value is -4.98. The molecule has 3 aromatic carbocycles. The number of aromatic hydroxyl groups is 1. The summed E-state index contributed by atoms with van der Waals surface area (Å²) in [5, 5.41) is 67.6. The van der Waals surface area contributed by atoms with Crippen LogP contribution in [-0.2, 0) is 9.53 Å². The number of aliphatic hydroxyl groups excluding tert-OH is 3. The first kappa shape index (κ1) is 36.8. The van der Waals surface area contributed by atoms with Crippen molar-refractivity contribution in [3.63, 3.8) is 0 Å². The maximum Gasteiger partial charge on any atom is 0.335 e. The Balaban J connectivity index is 1.19. The summed E-state index contributed by atoms with van der Waals surface area (Å²) < 4.78 is 17.6. The molecule has 7 N–H and O–H groups in total. The third-order valence-electron chi connectivity index (χ3n) is 9.84. The van der Waals surface area contributed by atoms with Crippen LogP contribution in [0.15, 0.2) is 95.5 Å². The van der Waals surface area contributed by atoms with Crippen LogP contribution in [0.4, 0.5) is 0 Å². The van der Waals surface area contributed by atoms with Gasteiger partial charge in [-0.3, -0.25) is 4.99 Å². The number of aliphatic carboxylic acids is 1. The normalized spacial score (nSPS) is 25.3. The fourth-order valence-corrected chi connectivity index (χ4v) is 6.67. The molecule has 0 amide bonds. The van der Waals surface area contributed by atoms with Gasteiger partial charge in [0, 0.05) is 24.4 Å². The van der Waals surface area contributed by atoms with Crippen molar-refractivity contribution in [1.82, 2.24) is 5.32 Å². The summed E-state index contributed by atoms with van der Waals surface area (Å²) in [6.07, 6.45) is 2.14. The number of fused-ring (bicyclic) bond motifs is 1. The molecule has 7 atom stereocenters. The summed E-state index contributed by atoms with van der Waals surface area (Å²) in [7, 11) is 0. The maximum atomic E-state index is 12.0. The first-order valence-corrected chi connectivity index (χ1v) is 17.3. The van der Waals surface area contributed by atoms with Gasteiger partial charge in [0.2, 0.25) is 6.29 Å². The molecule has 274 valence electrons. The quantitative estimate of drug-likeness (QED) is 0.127. The maximum absolute atomic E-state index is 12.0. The fraction of sp³-hybridized carbons (Fsp3) is 0.350. The van der Waals surface area contributed by atoms with E-state index in [-0.39, 0.29) is 48.0 Å². The number of allylic oxidation sites excluding steroid dienone is 2. The second-order valence-electron chi connectivity index (χ2n) is 13.5. The van der Waals surface area contributed by atoms with E-state index in [0.717, 1.165) is 24.0 Å². The Bertz CT molecular complexity index is 1840. The van der Waals surface area contributed by atoms with Crippen LogP contribution >= 0.6 is 0 Å². The minimum atomic E-state index is -2.29. The van der Waals surface area contributed by atoms with E-state index in [1.54, 1.807) is 18.2 Å². The molecule has 0 saturated carbocycles. The number of phenols is 1. The highest BCUT2D eigenvalue weighted by atomic mass is 16.7. The molecule has 1 fully saturated rings. The van der Waals surface area contributed by atoms with Crippen LogP contribution in [0.2, 0.25) is 0 Å². The Morgan fingerprint density at radius 1 is 1.10 bits per heavy atom. The zero-order valence-electron chi connectivity index (χ0n) is 28.7. The van der Waals surface area contributed by atoms with Crippen LogP contribution in [-0.4, -0.2) is 99.3 Å². The molecule has 0 aliphatic carbocycles. The number of aliphatic imine (C=N–C) groups is 1. The van der Waals surface area contributed by atoms with Gasteiger partial charge in [0.15, 0.2) is 11.7 Å². The van der Waals surface area contributed by atoms with Crippen LogP contribution in [0, 0.1) is 11.8 Å². The molecule has 0 radical (unpaired) electrons. The van der Waals surface area contributed by atoms with Crippen LogP contribution in [0.1, 0.15) is 36.5 Å².